The van der Waals surface area contributed by atoms with Crippen LogP contribution in [0.1, 0.15) is 52.4 Å². The van der Waals surface area contributed by atoms with Gasteiger partial charge in [0.15, 0.2) is 0 Å². The molecule has 1 saturated heterocycles. The van der Waals surface area contributed by atoms with Gasteiger partial charge in [-0.2, -0.15) is 0 Å². The van der Waals surface area contributed by atoms with Crippen molar-refractivity contribution in [3.8, 4) is 0 Å². The lowest BCUT2D eigenvalue weighted by Gasteiger charge is -2.26. The van der Waals surface area contributed by atoms with Crippen LogP contribution >= 0.6 is 0 Å². The first kappa shape index (κ1) is 15.9. The van der Waals surface area contributed by atoms with Gasteiger partial charge in [0.2, 0.25) is 0 Å². The quantitative estimate of drug-likeness (QED) is 0.650. The predicted octanol–water partition coefficient (Wildman–Crippen LogP) is 2.66. The molecule has 1 fully saturated rings. The second kappa shape index (κ2) is 10.8. The van der Waals surface area contributed by atoms with Crippen LogP contribution in [-0.4, -0.2) is 50.3 Å². The van der Waals surface area contributed by atoms with E-state index in [0.29, 0.717) is 6.10 Å². The van der Waals surface area contributed by atoms with Crippen LogP contribution in [0.15, 0.2) is 0 Å². The lowest BCUT2D eigenvalue weighted by atomic mass is 10.1. The Morgan fingerprint density at radius 3 is 2.17 bits per heavy atom. The van der Waals surface area contributed by atoms with Crippen LogP contribution in [0.4, 0.5) is 0 Å². The summed E-state index contributed by atoms with van der Waals surface area (Å²) in [6, 6.07) is 0. The van der Waals surface area contributed by atoms with Gasteiger partial charge in [0, 0.05) is 6.54 Å². The zero-order valence-corrected chi connectivity index (χ0v) is 12.4. The van der Waals surface area contributed by atoms with Crippen molar-refractivity contribution in [1.29, 1.82) is 0 Å². The van der Waals surface area contributed by atoms with Gasteiger partial charge in [-0.15, -0.1) is 0 Å². The van der Waals surface area contributed by atoms with E-state index in [0.717, 1.165) is 26.2 Å². The molecule has 0 bridgehead atoms. The van der Waals surface area contributed by atoms with Crippen molar-refractivity contribution < 1.29 is 4.74 Å². The number of rotatable bonds is 10. The van der Waals surface area contributed by atoms with Gasteiger partial charge < -0.3 is 15.0 Å². The number of piperidine rings is 1. The Bertz CT molecular complexity index is 173. The van der Waals surface area contributed by atoms with E-state index >= 15 is 0 Å². The first-order valence-corrected chi connectivity index (χ1v) is 7.91. The molecule has 0 atom stereocenters. The van der Waals surface area contributed by atoms with E-state index in [2.05, 4.69) is 24.1 Å². The number of nitrogens with one attached hydrogen (secondary N) is 1. The van der Waals surface area contributed by atoms with Crippen LogP contribution in [0.25, 0.3) is 0 Å². The fourth-order valence-electron chi connectivity index (χ4n) is 2.41. The number of hydrogen-bond donors (Lipinski definition) is 1. The molecule has 0 unspecified atom stereocenters. The Kier molecular flexibility index (Phi) is 9.54. The maximum Gasteiger partial charge on any atom is 0.0600 e. The fraction of sp³-hybridized carbons (Fsp3) is 1.00. The van der Waals surface area contributed by atoms with Crippen molar-refractivity contribution in [2.24, 2.45) is 0 Å². The Morgan fingerprint density at radius 1 is 1.00 bits per heavy atom. The van der Waals surface area contributed by atoms with Crippen molar-refractivity contribution in [2.75, 3.05) is 39.3 Å². The minimum Gasteiger partial charge on any atom is -0.377 e. The van der Waals surface area contributed by atoms with Crippen LogP contribution in [0, 0.1) is 0 Å². The third-order valence-corrected chi connectivity index (χ3v) is 3.70. The normalized spacial score (nSPS) is 17.5. The standard InChI is InChI=1S/C15H32N2O/c1-3-5-11-17(12-6-4-2)13-14-18-15-7-9-16-10-8-15/h15-16H,3-14H2,1-2H3. The Morgan fingerprint density at radius 2 is 1.61 bits per heavy atom. The van der Waals surface area contributed by atoms with Gasteiger partial charge in [0.05, 0.1) is 12.7 Å². The van der Waals surface area contributed by atoms with Crippen LogP contribution in [-0.2, 0) is 4.74 Å². The summed E-state index contributed by atoms with van der Waals surface area (Å²) in [5.41, 5.74) is 0. The molecule has 3 nitrogen and oxygen atoms in total. The van der Waals surface area contributed by atoms with Gasteiger partial charge in [0.25, 0.3) is 0 Å². The second-order valence-corrected chi connectivity index (χ2v) is 5.37. The van der Waals surface area contributed by atoms with E-state index in [1.165, 1.54) is 51.6 Å². The summed E-state index contributed by atoms with van der Waals surface area (Å²) in [4.78, 5) is 2.58. The molecule has 1 rings (SSSR count). The first-order valence-electron chi connectivity index (χ1n) is 7.91. The Labute approximate surface area is 113 Å². The van der Waals surface area contributed by atoms with Crippen LogP contribution in [0.5, 0.6) is 0 Å². The smallest absolute Gasteiger partial charge is 0.0600 e. The molecule has 0 spiro atoms. The minimum atomic E-state index is 0.505. The van der Waals surface area contributed by atoms with Gasteiger partial charge >= 0.3 is 0 Å². The summed E-state index contributed by atoms with van der Waals surface area (Å²) in [5, 5.41) is 3.38. The molecular formula is C15H32N2O. The molecule has 1 aliphatic rings. The highest BCUT2D eigenvalue weighted by molar-refractivity contribution is 4.68. The van der Waals surface area contributed by atoms with E-state index in [-0.39, 0.29) is 0 Å². The lowest BCUT2D eigenvalue weighted by molar-refractivity contribution is 0.0198. The third kappa shape index (κ3) is 7.34. The van der Waals surface area contributed by atoms with Crippen molar-refractivity contribution in [3.63, 3.8) is 0 Å². The molecular weight excluding hydrogens is 224 g/mol. The minimum absolute atomic E-state index is 0.505. The first-order chi connectivity index (χ1) is 8.86. The number of unbranched alkanes of at least 4 members (excludes halogenated alkanes) is 2. The molecule has 0 saturated carbocycles. The zero-order valence-electron chi connectivity index (χ0n) is 12.4. The van der Waals surface area contributed by atoms with Crippen molar-refractivity contribution in [3.05, 3.63) is 0 Å². The molecule has 18 heavy (non-hydrogen) atoms. The number of ether oxygens (including phenoxy) is 1. The topological polar surface area (TPSA) is 24.5 Å². The number of hydrogen-bond acceptors (Lipinski definition) is 3. The van der Waals surface area contributed by atoms with Crippen LogP contribution in [0.3, 0.4) is 0 Å². The zero-order chi connectivity index (χ0) is 13.1. The van der Waals surface area contributed by atoms with Gasteiger partial charge in [-0.05, 0) is 51.9 Å². The monoisotopic (exact) mass is 256 g/mol. The summed E-state index contributed by atoms with van der Waals surface area (Å²) >= 11 is 0. The average Bonchev–Trinajstić information content (AvgIpc) is 2.42. The molecule has 0 radical (unpaired) electrons. The molecule has 0 amide bonds. The largest absolute Gasteiger partial charge is 0.377 e. The van der Waals surface area contributed by atoms with E-state index < -0.39 is 0 Å². The van der Waals surface area contributed by atoms with Crippen molar-refractivity contribution >= 4 is 0 Å². The van der Waals surface area contributed by atoms with Gasteiger partial charge in [-0.3, -0.25) is 0 Å². The summed E-state index contributed by atoms with van der Waals surface area (Å²) < 4.78 is 5.99. The van der Waals surface area contributed by atoms with Crippen LogP contribution < -0.4 is 5.32 Å². The molecule has 1 N–H and O–H groups in total. The van der Waals surface area contributed by atoms with E-state index in [1.54, 1.807) is 0 Å². The van der Waals surface area contributed by atoms with Crippen LogP contribution in [0.2, 0.25) is 0 Å². The average molecular weight is 256 g/mol. The highest BCUT2D eigenvalue weighted by Gasteiger charge is 2.13. The molecule has 0 aromatic heterocycles. The second-order valence-electron chi connectivity index (χ2n) is 5.37. The third-order valence-electron chi connectivity index (χ3n) is 3.70. The molecule has 0 aromatic carbocycles. The highest BCUT2D eigenvalue weighted by Crippen LogP contribution is 2.07. The SMILES string of the molecule is CCCCN(CCCC)CCOC1CCNCC1. The van der Waals surface area contributed by atoms with Gasteiger partial charge in [0.1, 0.15) is 0 Å². The number of nitrogens with zero attached hydrogens (tertiary/aromatic N) is 1. The van der Waals surface area contributed by atoms with Gasteiger partial charge in [-0.25, -0.2) is 0 Å². The van der Waals surface area contributed by atoms with E-state index in [4.69, 9.17) is 4.74 Å². The maximum atomic E-state index is 5.99. The summed E-state index contributed by atoms with van der Waals surface area (Å²) in [5.74, 6) is 0. The van der Waals surface area contributed by atoms with E-state index in [9.17, 15) is 0 Å². The fourth-order valence-corrected chi connectivity index (χ4v) is 2.41. The Balaban J connectivity index is 2.10. The molecule has 108 valence electrons. The summed E-state index contributed by atoms with van der Waals surface area (Å²) in [6.07, 6.45) is 8.09. The summed E-state index contributed by atoms with van der Waals surface area (Å²) in [7, 11) is 0. The molecule has 0 aliphatic carbocycles. The lowest BCUT2D eigenvalue weighted by Crippen LogP contribution is -2.35. The maximum absolute atomic E-state index is 5.99. The molecule has 0 aromatic rings. The van der Waals surface area contributed by atoms with Crippen molar-refractivity contribution in [1.82, 2.24) is 10.2 Å². The predicted molar refractivity (Wildman–Crippen MR) is 78.1 cm³/mol. The van der Waals surface area contributed by atoms with Crippen molar-refractivity contribution in [2.45, 2.75) is 58.5 Å². The molecule has 1 aliphatic heterocycles. The highest BCUT2D eigenvalue weighted by atomic mass is 16.5. The van der Waals surface area contributed by atoms with Gasteiger partial charge in [-0.1, -0.05) is 26.7 Å². The summed E-state index contributed by atoms with van der Waals surface area (Å²) in [6.45, 7) is 11.3. The molecule has 3 heteroatoms. The Hall–Kier alpha value is -0.120. The molecule has 1 heterocycles. The van der Waals surface area contributed by atoms with E-state index in [1.807, 2.05) is 0 Å².